The molecule has 0 saturated heterocycles. The molecule has 0 spiro atoms. The van der Waals surface area contributed by atoms with Gasteiger partial charge in [-0.1, -0.05) is 102 Å². The number of benzene rings is 4. The highest BCUT2D eigenvalue weighted by Gasteiger charge is 2.56. The summed E-state index contributed by atoms with van der Waals surface area (Å²) in [6.45, 7) is 16.7. The van der Waals surface area contributed by atoms with Gasteiger partial charge in [0.2, 0.25) is 0 Å². The van der Waals surface area contributed by atoms with E-state index in [0.29, 0.717) is 0 Å². The lowest BCUT2D eigenvalue weighted by Crippen LogP contribution is -2.42. The van der Waals surface area contributed by atoms with Gasteiger partial charge in [0.15, 0.2) is 0 Å². The van der Waals surface area contributed by atoms with Gasteiger partial charge in [-0.2, -0.15) is 0 Å². The van der Waals surface area contributed by atoms with E-state index in [1.54, 1.807) is 0 Å². The van der Waals surface area contributed by atoms with E-state index in [1.807, 2.05) is 0 Å². The van der Waals surface area contributed by atoms with Crippen molar-refractivity contribution in [2.75, 3.05) is 4.90 Å². The summed E-state index contributed by atoms with van der Waals surface area (Å²) < 4.78 is 0. The molecule has 0 N–H and O–H groups in total. The van der Waals surface area contributed by atoms with Crippen molar-refractivity contribution in [3.05, 3.63) is 114 Å². The van der Waals surface area contributed by atoms with Crippen LogP contribution in [-0.2, 0) is 10.8 Å². The second kappa shape index (κ2) is 8.12. The molecule has 1 aliphatic rings. The fourth-order valence-electron chi connectivity index (χ4n) is 5.94. The third-order valence-electron chi connectivity index (χ3n) is 9.30. The first-order valence-electron chi connectivity index (χ1n) is 12.7. The van der Waals surface area contributed by atoms with E-state index in [0.717, 1.165) is 11.4 Å². The number of fused-ring (bicyclic) bond motifs is 1. The number of anilines is 3. The van der Waals surface area contributed by atoms with Crippen LogP contribution in [0, 0.1) is 12.3 Å². The lowest BCUT2D eigenvalue weighted by molar-refractivity contribution is 0.125. The van der Waals surface area contributed by atoms with Gasteiger partial charge in [0.25, 0.3) is 0 Å². The van der Waals surface area contributed by atoms with E-state index in [2.05, 4.69) is 150 Å². The summed E-state index contributed by atoms with van der Waals surface area (Å²) in [6.07, 6.45) is 0. The Morgan fingerprint density at radius 3 is 1.60 bits per heavy atom. The molecule has 0 aliphatic heterocycles. The van der Waals surface area contributed by atoms with Crippen molar-refractivity contribution in [2.45, 2.75) is 59.3 Å². The third-order valence-corrected chi connectivity index (χ3v) is 9.30. The van der Waals surface area contributed by atoms with Crippen LogP contribution in [0.3, 0.4) is 0 Å². The largest absolute Gasteiger partial charge is 0.310 e. The lowest BCUT2D eigenvalue weighted by Gasteiger charge is -2.44. The average molecular weight is 460 g/mol. The van der Waals surface area contributed by atoms with Crippen molar-refractivity contribution in [1.82, 2.24) is 0 Å². The zero-order valence-corrected chi connectivity index (χ0v) is 22.2. The smallest absolute Gasteiger partial charge is 0.0464 e. The molecule has 4 aromatic rings. The summed E-state index contributed by atoms with van der Waals surface area (Å²) >= 11 is 0. The molecule has 0 heterocycles. The van der Waals surface area contributed by atoms with E-state index >= 15 is 0 Å². The molecule has 0 radical (unpaired) electrons. The fraction of sp³-hybridized carbons (Fsp3) is 0.294. The van der Waals surface area contributed by atoms with Crippen LogP contribution in [0.4, 0.5) is 17.1 Å². The monoisotopic (exact) mass is 459 g/mol. The minimum Gasteiger partial charge on any atom is -0.310 e. The van der Waals surface area contributed by atoms with Gasteiger partial charge in [-0.05, 0) is 87.4 Å². The van der Waals surface area contributed by atoms with Gasteiger partial charge in [0, 0.05) is 17.1 Å². The first-order valence-corrected chi connectivity index (χ1v) is 12.7. The van der Waals surface area contributed by atoms with Gasteiger partial charge < -0.3 is 4.90 Å². The highest BCUT2D eigenvalue weighted by molar-refractivity contribution is 5.80. The van der Waals surface area contributed by atoms with E-state index < -0.39 is 0 Å². The topological polar surface area (TPSA) is 3.24 Å². The Labute approximate surface area is 211 Å². The van der Waals surface area contributed by atoms with Crippen molar-refractivity contribution in [3.63, 3.8) is 0 Å². The molecule has 0 amide bonds. The average Bonchev–Trinajstić information content (AvgIpc) is 2.95. The Hall–Kier alpha value is -3.32. The molecule has 0 saturated carbocycles. The minimum atomic E-state index is 0.104. The summed E-state index contributed by atoms with van der Waals surface area (Å²) in [5, 5.41) is 0. The Balaban J connectivity index is 1.59. The predicted octanol–water partition coefficient (Wildman–Crippen LogP) is 9.73. The molecule has 1 heteroatoms. The van der Waals surface area contributed by atoms with E-state index in [4.69, 9.17) is 0 Å². The summed E-state index contributed by atoms with van der Waals surface area (Å²) in [7, 11) is 0. The quantitative estimate of drug-likeness (QED) is 0.293. The van der Waals surface area contributed by atoms with Crippen molar-refractivity contribution in [2.24, 2.45) is 5.41 Å². The van der Waals surface area contributed by atoms with Crippen LogP contribution in [0.2, 0.25) is 0 Å². The van der Waals surface area contributed by atoms with Crippen LogP contribution in [-0.4, -0.2) is 0 Å². The van der Waals surface area contributed by atoms with Gasteiger partial charge in [-0.3, -0.25) is 0 Å². The normalized spacial score (nSPS) is 17.1. The summed E-state index contributed by atoms with van der Waals surface area (Å²) in [5.41, 5.74) is 10.8. The van der Waals surface area contributed by atoms with Gasteiger partial charge in [0.1, 0.15) is 0 Å². The Morgan fingerprint density at radius 1 is 0.514 bits per heavy atom. The molecule has 0 aromatic heterocycles. The molecule has 178 valence electrons. The fourth-order valence-corrected chi connectivity index (χ4v) is 5.94. The molecule has 1 nitrogen and oxygen atoms in total. The maximum atomic E-state index is 2.46. The molecule has 35 heavy (non-hydrogen) atoms. The van der Waals surface area contributed by atoms with Gasteiger partial charge in [-0.25, -0.2) is 0 Å². The van der Waals surface area contributed by atoms with Crippen LogP contribution in [0.5, 0.6) is 0 Å². The van der Waals surface area contributed by atoms with Crippen LogP contribution >= 0.6 is 0 Å². The van der Waals surface area contributed by atoms with Crippen LogP contribution in [0.25, 0.3) is 11.1 Å². The highest BCUT2D eigenvalue weighted by atomic mass is 15.1. The molecule has 4 aromatic carbocycles. The highest BCUT2D eigenvalue weighted by Crippen LogP contribution is 2.61. The Morgan fingerprint density at radius 2 is 1.06 bits per heavy atom. The number of rotatable bonds is 4. The molecule has 0 atom stereocenters. The first-order chi connectivity index (χ1) is 16.6. The standard InChI is InChI=1S/C34H37N/c1-24-22-28(35(26-14-10-8-11-15-26)27-16-12-9-13-17-27)19-20-29(24)25-18-21-30-31(23-25)33(4,5)34(6,7)32(30,2)3/h8-23H,1-7H3. The Kier molecular flexibility index (Phi) is 5.44. The number of para-hydroxylation sites is 2. The summed E-state index contributed by atoms with van der Waals surface area (Å²) in [5.74, 6) is 0. The minimum absolute atomic E-state index is 0.104. The lowest BCUT2D eigenvalue weighted by atomic mass is 9.59. The van der Waals surface area contributed by atoms with Crippen molar-refractivity contribution in [3.8, 4) is 11.1 Å². The summed E-state index contributed by atoms with van der Waals surface area (Å²) in [4.78, 5) is 2.33. The SMILES string of the molecule is Cc1cc(N(c2ccccc2)c2ccccc2)ccc1-c1ccc2c(c1)C(C)(C)C(C)(C)C2(C)C. The second-order valence-corrected chi connectivity index (χ2v) is 11.6. The van der Waals surface area contributed by atoms with Crippen LogP contribution in [0.15, 0.2) is 97.1 Å². The molecular weight excluding hydrogens is 422 g/mol. The van der Waals surface area contributed by atoms with Crippen LogP contribution in [0.1, 0.15) is 58.2 Å². The number of hydrogen-bond acceptors (Lipinski definition) is 1. The zero-order valence-electron chi connectivity index (χ0n) is 22.2. The van der Waals surface area contributed by atoms with Crippen molar-refractivity contribution < 1.29 is 0 Å². The Bertz CT molecular complexity index is 1320. The first kappa shape index (κ1) is 23.4. The van der Waals surface area contributed by atoms with E-state index in [1.165, 1.54) is 33.5 Å². The van der Waals surface area contributed by atoms with E-state index in [9.17, 15) is 0 Å². The molecular formula is C34H37N. The molecule has 1 aliphatic carbocycles. The summed E-state index contributed by atoms with van der Waals surface area (Å²) in [6, 6.07) is 35.3. The maximum Gasteiger partial charge on any atom is 0.0464 e. The van der Waals surface area contributed by atoms with Gasteiger partial charge in [0.05, 0.1) is 0 Å². The zero-order chi connectivity index (χ0) is 25.0. The molecule has 0 bridgehead atoms. The third kappa shape index (κ3) is 3.52. The molecule has 0 unspecified atom stereocenters. The van der Waals surface area contributed by atoms with Crippen molar-refractivity contribution in [1.29, 1.82) is 0 Å². The number of nitrogens with zero attached hydrogens (tertiary/aromatic N) is 1. The van der Waals surface area contributed by atoms with Crippen LogP contribution < -0.4 is 4.90 Å². The molecule has 0 fully saturated rings. The van der Waals surface area contributed by atoms with Gasteiger partial charge >= 0.3 is 0 Å². The number of aryl methyl sites for hydroxylation is 1. The van der Waals surface area contributed by atoms with E-state index in [-0.39, 0.29) is 16.2 Å². The molecule has 5 rings (SSSR count). The maximum absolute atomic E-state index is 2.46. The second-order valence-electron chi connectivity index (χ2n) is 11.6. The predicted molar refractivity (Wildman–Crippen MR) is 151 cm³/mol. The number of hydrogen-bond donors (Lipinski definition) is 0. The van der Waals surface area contributed by atoms with Crippen molar-refractivity contribution >= 4 is 17.1 Å². The van der Waals surface area contributed by atoms with Gasteiger partial charge in [-0.15, -0.1) is 0 Å².